The molecule has 0 aliphatic heterocycles. The van der Waals surface area contributed by atoms with Gasteiger partial charge in [-0.3, -0.25) is 9.36 Å². The molecular weight excluding hydrogens is 248 g/mol. The molecule has 7 heteroatoms. The molecule has 2 aromatic rings. The van der Waals surface area contributed by atoms with Crippen LogP contribution in [0.25, 0.3) is 0 Å². The maximum Gasteiger partial charge on any atom is 0.134 e. The first kappa shape index (κ1) is 12.6. The predicted molar refractivity (Wildman–Crippen MR) is 74.4 cm³/mol. The highest BCUT2D eigenvalue weighted by molar-refractivity contribution is 7.80. The normalized spacial score (nSPS) is 10.6. The number of aryl methyl sites for hydroxylation is 3. The van der Waals surface area contributed by atoms with Crippen LogP contribution in [0.4, 0.5) is 5.82 Å². The molecule has 0 spiro atoms. The summed E-state index contributed by atoms with van der Waals surface area (Å²) in [6, 6.07) is 0. The molecule has 0 saturated carbocycles. The first-order valence-corrected chi connectivity index (χ1v) is 5.94. The Morgan fingerprint density at radius 3 is 2.78 bits per heavy atom. The van der Waals surface area contributed by atoms with Gasteiger partial charge in [0.1, 0.15) is 10.8 Å². The summed E-state index contributed by atoms with van der Waals surface area (Å²) in [4.78, 5) is 0.356. The van der Waals surface area contributed by atoms with Gasteiger partial charge in [-0.1, -0.05) is 12.2 Å². The lowest BCUT2D eigenvalue weighted by Crippen LogP contribution is -2.14. The Morgan fingerprint density at radius 2 is 2.22 bits per heavy atom. The number of nitrogens with two attached hydrogens (primary N) is 1. The number of hydrogen-bond donors (Lipinski definition) is 2. The highest BCUT2D eigenvalue weighted by Gasteiger charge is 2.15. The van der Waals surface area contributed by atoms with Gasteiger partial charge in [0.25, 0.3) is 0 Å². The van der Waals surface area contributed by atoms with Crippen LogP contribution in [0.5, 0.6) is 0 Å². The quantitative estimate of drug-likeness (QED) is 0.796. The van der Waals surface area contributed by atoms with Gasteiger partial charge < -0.3 is 11.1 Å². The number of aromatic nitrogens is 4. The lowest BCUT2D eigenvalue weighted by molar-refractivity contribution is 0.757. The largest absolute Gasteiger partial charge is 0.389 e. The lowest BCUT2D eigenvalue weighted by atomic mass is 10.2. The second-order valence-corrected chi connectivity index (χ2v) is 4.61. The Hall–Kier alpha value is -1.89. The Labute approximate surface area is 111 Å². The standard InChI is InChI=1S/C11H16N6S/c1-7-9(10(12)18)11(17(3)15-7)13-4-8-5-14-16(2)6-8/h5-6,13H,4H2,1-3H3,(H2,12,18). The molecule has 0 atom stereocenters. The number of rotatable bonds is 4. The van der Waals surface area contributed by atoms with Crippen LogP contribution in [0.1, 0.15) is 16.8 Å². The summed E-state index contributed by atoms with van der Waals surface area (Å²) in [5, 5.41) is 11.7. The van der Waals surface area contributed by atoms with E-state index in [4.69, 9.17) is 18.0 Å². The number of hydrogen-bond acceptors (Lipinski definition) is 4. The minimum Gasteiger partial charge on any atom is -0.389 e. The van der Waals surface area contributed by atoms with E-state index in [1.54, 1.807) is 9.36 Å². The molecule has 0 amide bonds. The molecule has 0 aliphatic rings. The molecule has 0 radical (unpaired) electrons. The predicted octanol–water partition coefficient (Wildman–Crippen LogP) is 0.708. The molecule has 0 unspecified atom stereocenters. The van der Waals surface area contributed by atoms with Crippen molar-refractivity contribution in [3.8, 4) is 0 Å². The second-order valence-electron chi connectivity index (χ2n) is 4.17. The van der Waals surface area contributed by atoms with Gasteiger partial charge in [-0.05, 0) is 6.92 Å². The van der Waals surface area contributed by atoms with Gasteiger partial charge in [0.2, 0.25) is 0 Å². The Kier molecular flexibility index (Phi) is 3.33. The summed E-state index contributed by atoms with van der Waals surface area (Å²) in [5.74, 6) is 0.837. The average molecular weight is 264 g/mol. The zero-order chi connectivity index (χ0) is 13.3. The van der Waals surface area contributed by atoms with E-state index in [1.165, 1.54) is 0 Å². The SMILES string of the molecule is Cc1nn(C)c(NCc2cnn(C)c2)c1C(N)=S. The van der Waals surface area contributed by atoms with Crippen molar-refractivity contribution in [1.29, 1.82) is 0 Å². The van der Waals surface area contributed by atoms with Gasteiger partial charge in [-0.15, -0.1) is 0 Å². The van der Waals surface area contributed by atoms with Gasteiger partial charge in [-0.25, -0.2) is 0 Å². The fourth-order valence-electron chi connectivity index (χ4n) is 1.90. The minimum atomic E-state index is 0.356. The molecule has 18 heavy (non-hydrogen) atoms. The summed E-state index contributed by atoms with van der Waals surface area (Å²) >= 11 is 5.05. The number of thiocarbonyl (C=S) groups is 1. The molecular formula is C11H16N6S. The molecule has 96 valence electrons. The lowest BCUT2D eigenvalue weighted by Gasteiger charge is -2.07. The molecule has 2 aromatic heterocycles. The molecule has 0 aliphatic carbocycles. The van der Waals surface area contributed by atoms with Gasteiger partial charge >= 0.3 is 0 Å². The van der Waals surface area contributed by atoms with Crippen molar-refractivity contribution in [2.75, 3.05) is 5.32 Å². The summed E-state index contributed by atoms with van der Waals surface area (Å²) < 4.78 is 3.51. The molecule has 2 rings (SSSR count). The van der Waals surface area contributed by atoms with Crippen molar-refractivity contribution in [1.82, 2.24) is 19.6 Å². The minimum absolute atomic E-state index is 0.356. The van der Waals surface area contributed by atoms with Crippen LogP contribution < -0.4 is 11.1 Å². The molecule has 6 nitrogen and oxygen atoms in total. The van der Waals surface area contributed by atoms with E-state index in [0.717, 1.165) is 22.6 Å². The van der Waals surface area contributed by atoms with E-state index in [0.29, 0.717) is 11.5 Å². The van der Waals surface area contributed by atoms with Gasteiger partial charge in [-0.2, -0.15) is 10.2 Å². The first-order chi connectivity index (χ1) is 8.49. The molecule has 0 saturated heterocycles. The summed E-state index contributed by atoms with van der Waals surface area (Å²) in [6.07, 6.45) is 3.77. The van der Waals surface area contributed by atoms with E-state index in [9.17, 15) is 0 Å². The maximum absolute atomic E-state index is 5.72. The fraction of sp³-hybridized carbons (Fsp3) is 0.364. The fourth-order valence-corrected chi connectivity index (χ4v) is 2.15. The van der Waals surface area contributed by atoms with Crippen LogP contribution in [-0.4, -0.2) is 24.5 Å². The van der Waals surface area contributed by atoms with Crippen molar-refractivity contribution in [3.05, 3.63) is 29.2 Å². The highest BCUT2D eigenvalue weighted by Crippen LogP contribution is 2.19. The van der Waals surface area contributed by atoms with E-state index in [1.807, 2.05) is 33.4 Å². The summed E-state index contributed by atoms with van der Waals surface area (Å²) in [7, 11) is 3.75. The van der Waals surface area contributed by atoms with Gasteiger partial charge in [0.05, 0.1) is 17.5 Å². The second kappa shape index (κ2) is 4.77. The molecule has 0 bridgehead atoms. The van der Waals surface area contributed by atoms with Gasteiger partial charge in [0, 0.05) is 32.4 Å². The number of nitrogens with zero attached hydrogens (tertiary/aromatic N) is 4. The van der Waals surface area contributed by atoms with Crippen molar-refractivity contribution < 1.29 is 0 Å². The highest BCUT2D eigenvalue weighted by atomic mass is 32.1. The van der Waals surface area contributed by atoms with Gasteiger partial charge in [0.15, 0.2) is 0 Å². The van der Waals surface area contributed by atoms with E-state index in [-0.39, 0.29) is 0 Å². The summed E-state index contributed by atoms with van der Waals surface area (Å²) in [5.41, 5.74) is 8.45. The monoisotopic (exact) mass is 264 g/mol. The van der Waals surface area contributed by atoms with Crippen molar-refractivity contribution in [2.24, 2.45) is 19.8 Å². The van der Waals surface area contributed by atoms with Crippen molar-refractivity contribution in [3.63, 3.8) is 0 Å². The Morgan fingerprint density at radius 1 is 1.50 bits per heavy atom. The van der Waals surface area contributed by atoms with Crippen LogP contribution in [0.3, 0.4) is 0 Å². The van der Waals surface area contributed by atoms with E-state index in [2.05, 4.69) is 15.5 Å². The molecule has 0 fully saturated rings. The van der Waals surface area contributed by atoms with E-state index >= 15 is 0 Å². The van der Waals surface area contributed by atoms with Crippen LogP contribution in [-0.2, 0) is 20.6 Å². The zero-order valence-corrected chi connectivity index (χ0v) is 11.5. The third-order valence-electron chi connectivity index (χ3n) is 2.69. The third-order valence-corrected chi connectivity index (χ3v) is 2.89. The van der Waals surface area contributed by atoms with Crippen LogP contribution in [0.15, 0.2) is 12.4 Å². The van der Waals surface area contributed by atoms with Crippen LogP contribution in [0, 0.1) is 6.92 Å². The first-order valence-electron chi connectivity index (χ1n) is 5.54. The third kappa shape index (κ3) is 2.35. The molecule has 2 heterocycles. The zero-order valence-electron chi connectivity index (χ0n) is 10.6. The number of anilines is 1. The van der Waals surface area contributed by atoms with Crippen molar-refractivity contribution >= 4 is 23.0 Å². The summed E-state index contributed by atoms with van der Waals surface area (Å²) in [6.45, 7) is 2.55. The number of nitrogens with one attached hydrogen (secondary N) is 1. The molecule has 0 aromatic carbocycles. The smallest absolute Gasteiger partial charge is 0.134 e. The van der Waals surface area contributed by atoms with E-state index < -0.39 is 0 Å². The maximum atomic E-state index is 5.72. The topological polar surface area (TPSA) is 73.7 Å². The van der Waals surface area contributed by atoms with Crippen molar-refractivity contribution in [2.45, 2.75) is 13.5 Å². The van der Waals surface area contributed by atoms with Crippen LogP contribution >= 0.6 is 12.2 Å². The molecule has 3 N–H and O–H groups in total. The Bertz CT molecular complexity index is 582. The van der Waals surface area contributed by atoms with Crippen LogP contribution in [0.2, 0.25) is 0 Å². The average Bonchev–Trinajstić information content (AvgIpc) is 2.79. The Balaban J connectivity index is 2.21.